The third kappa shape index (κ3) is 5.88. The van der Waals surface area contributed by atoms with Crippen molar-refractivity contribution < 1.29 is 4.79 Å². The van der Waals surface area contributed by atoms with Crippen LogP contribution in [0.3, 0.4) is 0 Å². The topological polar surface area (TPSA) is 77.8 Å². The van der Waals surface area contributed by atoms with E-state index < -0.39 is 0 Å². The van der Waals surface area contributed by atoms with Gasteiger partial charge in [-0.05, 0) is 43.0 Å². The molecule has 1 aromatic carbocycles. The van der Waals surface area contributed by atoms with Crippen LogP contribution >= 0.6 is 0 Å². The van der Waals surface area contributed by atoms with Gasteiger partial charge in [-0.25, -0.2) is 4.68 Å². The minimum Gasteiger partial charge on any atom is -0.356 e. The molecular weight excluding hydrogens is 402 g/mol. The van der Waals surface area contributed by atoms with Crippen molar-refractivity contribution in [1.82, 2.24) is 30.2 Å². The number of nitrogens with one attached hydrogen (secondary N) is 2. The Kier molecular flexibility index (Phi) is 7.77. The number of aromatic nitrogens is 2. The average Bonchev–Trinajstić information content (AvgIpc) is 3.33. The second-order valence-electron chi connectivity index (χ2n) is 8.59. The fourth-order valence-corrected chi connectivity index (χ4v) is 4.22. The molecule has 1 aromatic heterocycles. The number of carbonyl (C=O) groups excluding carboxylic acids is 1. The molecule has 2 aliphatic rings. The summed E-state index contributed by atoms with van der Waals surface area (Å²) in [6.45, 7) is 6.27. The number of guanidine groups is 1. The maximum absolute atomic E-state index is 12.4. The van der Waals surface area contributed by atoms with Crippen LogP contribution in [-0.4, -0.2) is 84.3 Å². The van der Waals surface area contributed by atoms with Gasteiger partial charge in [0.1, 0.15) is 0 Å². The Balaban J connectivity index is 1.10. The summed E-state index contributed by atoms with van der Waals surface area (Å²) < 4.78 is 1.86. The Morgan fingerprint density at radius 2 is 1.84 bits per heavy atom. The zero-order valence-electron chi connectivity index (χ0n) is 19.0. The van der Waals surface area contributed by atoms with E-state index in [4.69, 9.17) is 0 Å². The van der Waals surface area contributed by atoms with E-state index in [9.17, 15) is 4.79 Å². The fraction of sp³-hybridized carbons (Fsp3) is 0.542. The first-order valence-corrected chi connectivity index (χ1v) is 11.8. The molecule has 0 unspecified atom stereocenters. The molecule has 1 aliphatic heterocycles. The summed E-state index contributed by atoms with van der Waals surface area (Å²) in [5.74, 6) is 1.53. The summed E-state index contributed by atoms with van der Waals surface area (Å²) in [4.78, 5) is 21.2. The lowest BCUT2D eigenvalue weighted by Crippen LogP contribution is -2.52. The zero-order chi connectivity index (χ0) is 22.2. The van der Waals surface area contributed by atoms with Crippen LogP contribution in [0, 0.1) is 5.92 Å². The summed E-state index contributed by atoms with van der Waals surface area (Å²) >= 11 is 0. The van der Waals surface area contributed by atoms with Gasteiger partial charge in [0.05, 0.1) is 5.69 Å². The van der Waals surface area contributed by atoms with Crippen molar-refractivity contribution in [1.29, 1.82) is 0 Å². The highest BCUT2D eigenvalue weighted by Crippen LogP contribution is 2.28. The Labute approximate surface area is 190 Å². The highest BCUT2D eigenvalue weighted by atomic mass is 16.2. The Morgan fingerprint density at radius 3 is 2.47 bits per heavy atom. The molecule has 2 fully saturated rings. The minimum atomic E-state index is 0.312. The number of nitrogens with zero attached hydrogens (tertiary/aromatic N) is 5. The first-order chi connectivity index (χ1) is 15.7. The van der Waals surface area contributed by atoms with Crippen LogP contribution in [0.1, 0.15) is 24.8 Å². The highest BCUT2D eigenvalue weighted by Gasteiger charge is 2.30. The fourth-order valence-electron chi connectivity index (χ4n) is 4.22. The van der Waals surface area contributed by atoms with Gasteiger partial charge in [0, 0.05) is 71.2 Å². The molecule has 1 amide bonds. The number of benzene rings is 1. The number of piperazine rings is 1. The molecule has 1 aliphatic carbocycles. The van der Waals surface area contributed by atoms with Crippen molar-refractivity contribution in [2.75, 3.05) is 52.9 Å². The monoisotopic (exact) mass is 437 g/mol. The lowest BCUT2D eigenvalue weighted by Gasteiger charge is -2.38. The van der Waals surface area contributed by atoms with Gasteiger partial charge in [-0.15, -0.1) is 0 Å². The normalized spacial score (nSPS) is 17.8. The molecular formula is C24H35N7O. The van der Waals surface area contributed by atoms with Crippen LogP contribution in [-0.2, 0) is 11.2 Å². The molecule has 0 spiro atoms. The van der Waals surface area contributed by atoms with Gasteiger partial charge in [-0.3, -0.25) is 14.7 Å². The van der Waals surface area contributed by atoms with E-state index >= 15 is 0 Å². The lowest BCUT2D eigenvalue weighted by atomic mass is 9.84. The molecule has 2 N–H and O–H groups in total. The number of hydrogen-bond donors (Lipinski definition) is 2. The van der Waals surface area contributed by atoms with Gasteiger partial charge < -0.3 is 15.5 Å². The van der Waals surface area contributed by atoms with Crippen LogP contribution in [0.2, 0.25) is 0 Å². The van der Waals surface area contributed by atoms with Crippen LogP contribution in [0.15, 0.2) is 47.7 Å². The largest absolute Gasteiger partial charge is 0.356 e. The van der Waals surface area contributed by atoms with Crippen molar-refractivity contribution >= 4 is 11.9 Å². The van der Waals surface area contributed by atoms with Gasteiger partial charge in [0.25, 0.3) is 0 Å². The highest BCUT2D eigenvalue weighted by molar-refractivity contribution is 5.80. The van der Waals surface area contributed by atoms with Crippen LogP contribution in [0.4, 0.5) is 0 Å². The average molecular weight is 438 g/mol. The van der Waals surface area contributed by atoms with Crippen molar-refractivity contribution in [3.8, 4) is 5.69 Å². The second-order valence-corrected chi connectivity index (χ2v) is 8.59. The second kappa shape index (κ2) is 11.1. The molecule has 0 atom stereocenters. The van der Waals surface area contributed by atoms with E-state index in [2.05, 4.69) is 54.8 Å². The summed E-state index contributed by atoms with van der Waals surface area (Å²) in [6.07, 6.45) is 8.05. The minimum absolute atomic E-state index is 0.312. The number of rotatable bonds is 8. The maximum Gasteiger partial charge on any atom is 0.225 e. The van der Waals surface area contributed by atoms with E-state index in [-0.39, 0.29) is 0 Å². The molecule has 1 saturated heterocycles. The molecule has 2 heterocycles. The first kappa shape index (κ1) is 22.3. The van der Waals surface area contributed by atoms with Crippen molar-refractivity contribution in [2.45, 2.75) is 25.7 Å². The molecule has 4 rings (SSSR count). The van der Waals surface area contributed by atoms with Crippen molar-refractivity contribution in [2.24, 2.45) is 10.9 Å². The zero-order valence-corrected chi connectivity index (χ0v) is 19.0. The number of aliphatic imine (C=N–C) groups is 1. The SMILES string of the molecule is CN=C(NCCc1ccc(-n2cccn2)cc1)NCCN1CCN(C(=O)C2CCC2)CC1. The van der Waals surface area contributed by atoms with Crippen molar-refractivity contribution in [3.05, 3.63) is 48.3 Å². The van der Waals surface area contributed by atoms with Gasteiger partial charge >= 0.3 is 0 Å². The molecule has 8 nitrogen and oxygen atoms in total. The molecule has 8 heteroatoms. The predicted octanol–water partition coefficient (Wildman–Crippen LogP) is 1.52. The number of hydrogen-bond acceptors (Lipinski definition) is 4. The van der Waals surface area contributed by atoms with Gasteiger partial charge in [0.2, 0.25) is 5.91 Å². The molecule has 172 valence electrons. The van der Waals surface area contributed by atoms with Crippen molar-refractivity contribution in [3.63, 3.8) is 0 Å². The lowest BCUT2D eigenvalue weighted by molar-refractivity contribution is -0.139. The molecule has 1 saturated carbocycles. The molecule has 0 radical (unpaired) electrons. The van der Waals surface area contributed by atoms with E-state index in [1.54, 1.807) is 13.2 Å². The van der Waals surface area contributed by atoms with Crippen LogP contribution < -0.4 is 10.6 Å². The quantitative estimate of drug-likeness (QED) is 0.484. The van der Waals surface area contributed by atoms with Gasteiger partial charge in [-0.2, -0.15) is 5.10 Å². The number of amides is 1. The Hall–Kier alpha value is -2.87. The number of carbonyl (C=O) groups is 1. The van der Waals surface area contributed by atoms with Crippen LogP contribution in [0.5, 0.6) is 0 Å². The molecule has 32 heavy (non-hydrogen) atoms. The third-order valence-corrected chi connectivity index (χ3v) is 6.49. The predicted molar refractivity (Wildman–Crippen MR) is 127 cm³/mol. The summed E-state index contributed by atoms with van der Waals surface area (Å²) in [7, 11) is 1.80. The van der Waals surface area contributed by atoms with E-state index in [0.717, 1.165) is 76.7 Å². The van der Waals surface area contributed by atoms with E-state index in [1.807, 2.05) is 16.9 Å². The van der Waals surface area contributed by atoms with Gasteiger partial charge in [-0.1, -0.05) is 18.6 Å². The molecule has 0 bridgehead atoms. The Bertz CT molecular complexity index is 866. The Morgan fingerprint density at radius 1 is 1.09 bits per heavy atom. The molecule has 2 aromatic rings. The summed E-state index contributed by atoms with van der Waals surface area (Å²) in [5, 5.41) is 11.1. The van der Waals surface area contributed by atoms with Gasteiger partial charge in [0.15, 0.2) is 5.96 Å². The van der Waals surface area contributed by atoms with Crippen LogP contribution in [0.25, 0.3) is 5.69 Å². The van der Waals surface area contributed by atoms with E-state index in [1.165, 1.54) is 12.0 Å². The summed E-state index contributed by atoms with van der Waals surface area (Å²) in [5.41, 5.74) is 2.34. The summed E-state index contributed by atoms with van der Waals surface area (Å²) in [6, 6.07) is 10.4. The first-order valence-electron chi connectivity index (χ1n) is 11.8. The van der Waals surface area contributed by atoms with E-state index in [0.29, 0.717) is 11.8 Å². The maximum atomic E-state index is 12.4. The standard InChI is InChI=1S/C24H35N7O/c1-25-24(26-12-10-20-6-8-22(9-7-20)31-14-3-11-28-31)27-13-15-29-16-18-30(19-17-29)23(32)21-4-2-5-21/h3,6-9,11,14,21H,2,4-5,10,12-13,15-19H2,1H3,(H2,25,26,27). The smallest absolute Gasteiger partial charge is 0.225 e. The third-order valence-electron chi connectivity index (χ3n) is 6.49.